The van der Waals surface area contributed by atoms with Crippen molar-refractivity contribution < 1.29 is 18.8 Å². The summed E-state index contributed by atoms with van der Waals surface area (Å²) in [5.41, 5.74) is 3.27. The van der Waals surface area contributed by atoms with E-state index in [1.165, 1.54) is 23.6 Å². The Hall–Kier alpha value is -4.18. The minimum Gasteiger partial charge on any atom is -0.467 e. The molecule has 3 amide bonds. The summed E-state index contributed by atoms with van der Waals surface area (Å²) < 4.78 is 5.26. The van der Waals surface area contributed by atoms with Crippen LogP contribution in [0.1, 0.15) is 43.1 Å². The zero-order chi connectivity index (χ0) is 26.6. The van der Waals surface area contributed by atoms with E-state index in [-0.39, 0.29) is 30.5 Å². The fourth-order valence-corrected chi connectivity index (χ4v) is 5.08. The number of nitrogens with zero attached hydrogens (tertiary/aromatic N) is 3. The molecule has 2 aromatic carbocycles. The van der Waals surface area contributed by atoms with Crippen molar-refractivity contribution in [2.24, 2.45) is 9.98 Å². The maximum absolute atomic E-state index is 12.9. The molecular weight excluding hydrogens is 502 g/mol. The van der Waals surface area contributed by atoms with Gasteiger partial charge in [-0.2, -0.15) is 4.99 Å². The first kappa shape index (κ1) is 25.5. The first-order valence-corrected chi connectivity index (χ1v) is 13.3. The van der Waals surface area contributed by atoms with E-state index in [0.717, 1.165) is 0 Å². The Morgan fingerprint density at radius 3 is 2.55 bits per heavy atom. The van der Waals surface area contributed by atoms with Crippen LogP contribution in [0.4, 0.5) is 11.4 Å². The van der Waals surface area contributed by atoms with E-state index in [4.69, 9.17) is 9.41 Å². The molecule has 2 N–H and O–H groups in total. The summed E-state index contributed by atoms with van der Waals surface area (Å²) in [6.45, 7) is 4.45. The quantitative estimate of drug-likeness (QED) is 0.446. The molecule has 0 spiro atoms. The number of amidine groups is 2. The lowest BCUT2D eigenvalue weighted by Crippen LogP contribution is -2.46. The van der Waals surface area contributed by atoms with Crippen LogP contribution in [0.3, 0.4) is 0 Å². The van der Waals surface area contributed by atoms with Crippen LogP contribution in [0.2, 0.25) is 0 Å². The highest BCUT2D eigenvalue weighted by molar-refractivity contribution is 8.14. The van der Waals surface area contributed by atoms with Gasteiger partial charge in [0.25, 0.3) is 5.91 Å². The van der Waals surface area contributed by atoms with E-state index in [1.54, 1.807) is 17.0 Å². The van der Waals surface area contributed by atoms with Crippen LogP contribution < -0.4 is 10.6 Å². The van der Waals surface area contributed by atoms with Crippen LogP contribution in [0.5, 0.6) is 0 Å². The van der Waals surface area contributed by atoms with E-state index in [2.05, 4.69) is 29.5 Å². The third-order valence-electron chi connectivity index (χ3n) is 6.22. The summed E-state index contributed by atoms with van der Waals surface area (Å²) in [4.78, 5) is 49.1. The predicted molar refractivity (Wildman–Crippen MR) is 147 cm³/mol. The molecule has 0 saturated heterocycles. The number of aliphatic imine (C=N–C) groups is 2. The number of rotatable bonds is 8. The molecule has 0 radical (unpaired) electrons. The van der Waals surface area contributed by atoms with E-state index >= 15 is 0 Å². The van der Waals surface area contributed by atoms with Gasteiger partial charge in [0.2, 0.25) is 11.8 Å². The number of thioether (sulfide) groups is 1. The first-order valence-electron chi connectivity index (χ1n) is 12.3. The van der Waals surface area contributed by atoms with Gasteiger partial charge in [-0.1, -0.05) is 49.9 Å². The van der Waals surface area contributed by atoms with Crippen LogP contribution in [0.15, 0.2) is 81.3 Å². The number of anilines is 1. The second kappa shape index (κ2) is 11.1. The summed E-state index contributed by atoms with van der Waals surface area (Å²) in [7, 11) is 0. The van der Waals surface area contributed by atoms with Gasteiger partial charge in [0, 0.05) is 11.3 Å². The van der Waals surface area contributed by atoms with E-state index in [9.17, 15) is 14.4 Å². The molecule has 2 aliphatic heterocycles. The average Bonchev–Trinajstić information content (AvgIpc) is 3.54. The zero-order valence-electron chi connectivity index (χ0n) is 21.0. The third kappa shape index (κ3) is 5.55. The van der Waals surface area contributed by atoms with Crippen molar-refractivity contribution in [3.63, 3.8) is 0 Å². The van der Waals surface area contributed by atoms with Crippen molar-refractivity contribution in [3.8, 4) is 0 Å². The Morgan fingerprint density at radius 2 is 1.82 bits per heavy atom. The predicted octanol–water partition coefficient (Wildman–Crippen LogP) is 4.44. The standard InChI is InChI=1S/C28H27N5O4S/c1-17(2)18-9-11-19(12-10-18)30-25(35)16-38-28-31-22-8-4-3-7-21(22)26-32-27(36)23(33(26)28)14-24(34)29-15-20-6-5-13-37-20/h3-13,17,23H,14-16H2,1-2H3,(H,29,34)(H,30,35). The molecule has 0 saturated carbocycles. The van der Waals surface area contributed by atoms with Gasteiger partial charge in [0.05, 0.1) is 30.7 Å². The molecule has 0 aliphatic carbocycles. The Bertz CT molecular complexity index is 1410. The number of carbonyl (C=O) groups is 3. The molecule has 3 heterocycles. The third-order valence-corrected chi connectivity index (χ3v) is 7.17. The van der Waals surface area contributed by atoms with Crippen molar-refractivity contribution in [3.05, 3.63) is 83.8 Å². The van der Waals surface area contributed by atoms with Gasteiger partial charge >= 0.3 is 0 Å². The topological polar surface area (TPSA) is 116 Å². The monoisotopic (exact) mass is 529 g/mol. The summed E-state index contributed by atoms with van der Waals surface area (Å²) in [6.07, 6.45) is 1.42. The fourth-order valence-electron chi connectivity index (χ4n) is 4.23. The maximum atomic E-state index is 12.9. The van der Waals surface area contributed by atoms with Crippen LogP contribution >= 0.6 is 11.8 Å². The number of carbonyl (C=O) groups excluding carboxylic acids is 3. The summed E-state index contributed by atoms with van der Waals surface area (Å²) in [6, 6.07) is 17.8. The lowest BCUT2D eigenvalue weighted by atomic mass is 10.0. The Labute approximate surface area is 224 Å². The van der Waals surface area contributed by atoms with Gasteiger partial charge < -0.3 is 15.1 Å². The Balaban J connectivity index is 1.29. The van der Waals surface area contributed by atoms with Gasteiger partial charge in [0.15, 0.2) is 5.17 Å². The second-order valence-electron chi connectivity index (χ2n) is 9.24. The molecule has 3 aromatic rings. The van der Waals surface area contributed by atoms with Crippen molar-refractivity contribution in [2.45, 2.75) is 38.8 Å². The largest absolute Gasteiger partial charge is 0.467 e. The molecule has 1 aromatic heterocycles. The molecular formula is C28H27N5O4S. The number of furan rings is 1. The van der Waals surface area contributed by atoms with Crippen molar-refractivity contribution in [1.29, 1.82) is 0 Å². The highest BCUT2D eigenvalue weighted by Gasteiger charge is 2.42. The number of hydrogen-bond acceptors (Lipinski definition) is 7. The molecule has 9 nitrogen and oxygen atoms in total. The molecule has 1 unspecified atom stereocenters. The second-order valence-corrected chi connectivity index (χ2v) is 10.2. The maximum Gasteiger partial charge on any atom is 0.271 e. The van der Waals surface area contributed by atoms with Gasteiger partial charge in [-0.05, 0) is 47.9 Å². The van der Waals surface area contributed by atoms with E-state index < -0.39 is 11.9 Å². The number of para-hydroxylation sites is 1. The summed E-state index contributed by atoms with van der Waals surface area (Å²) >= 11 is 1.20. The first-order chi connectivity index (χ1) is 18.4. The Kier molecular flexibility index (Phi) is 7.41. The summed E-state index contributed by atoms with van der Waals surface area (Å²) in [5, 5.41) is 6.13. The van der Waals surface area contributed by atoms with Gasteiger partial charge in [-0.3, -0.25) is 19.3 Å². The SMILES string of the molecule is CC(C)c1ccc(NC(=O)CSC2=Nc3ccccc3C3=NC(=O)C(CC(=O)NCc4ccco4)N23)cc1. The number of amides is 3. The molecule has 0 bridgehead atoms. The van der Waals surface area contributed by atoms with Crippen LogP contribution in [-0.4, -0.2) is 45.4 Å². The molecule has 2 aliphatic rings. The lowest BCUT2D eigenvalue weighted by molar-refractivity contribution is -0.126. The van der Waals surface area contributed by atoms with Crippen molar-refractivity contribution in [2.75, 3.05) is 11.1 Å². The molecule has 38 heavy (non-hydrogen) atoms. The minimum absolute atomic E-state index is 0.0717. The molecule has 0 fully saturated rings. The van der Waals surface area contributed by atoms with Crippen LogP contribution in [-0.2, 0) is 20.9 Å². The van der Waals surface area contributed by atoms with Crippen molar-refractivity contribution in [1.82, 2.24) is 10.2 Å². The molecule has 1 atom stereocenters. The molecule has 194 valence electrons. The Morgan fingerprint density at radius 1 is 1.03 bits per heavy atom. The highest BCUT2D eigenvalue weighted by Crippen LogP contribution is 2.35. The molecule has 10 heteroatoms. The number of hydrogen-bond donors (Lipinski definition) is 2. The van der Waals surface area contributed by atoms with Gasteiger partial charge in [-0.15, -0.1) is 0 Å². The zero-order valence-corrected chi connectivity index (χ0v) is 21.8. The van der Waals surface area contributed by atoms with Gasteiger partial charge in [-0.25, -0.2) is 4.99 Å². The summed E-state index contributed by atoms with van der Waals surface area (Å²) in [5.74, 6) is 0.587. The average molecular weight is 530 g/mol. The van der Waals surface area contributed by atoms with Gasteiger partial charge in [0.1, 0.15) is 17.6 Å². The minimum atomic E-state index is -0.854. The van der Waals surface area contributed by atoms with E-state index in [1.807, 2.05) is 48.5 Å². The van der Waals surface area contributed by atoms with Crippen LogP contribution in [0.25, 0.3) is 0 Å². The van der Waals surface area contributed by atoms with Crippen molar-refractivity contribution >= 4 is 51.9 Å². The molecule has 5 rings (SSSR count). The number of nitrogens with one attached hydrogen (secondary N) is 2. The normalized spacial score (nSPS) is 16.0. The highest BCUT2D eigenvalue weighted by atomic mass is 32.2. The number of fused-ring (bicyclic) bond motifs is 3. The number of benzene rings is 2. The van der Waals surface area contributed by atoms with E-state index in [0.29, 0.717) is 39.6 Å². The fraction of sp³-hybridized carbons (Fsp3) is 0.250. The lowest BCUT2D eigenvalue weighted by Gasteiger charge is -2.30. The van der Waals surface area contributed by atoms with Crippen LogP contribution in [0, 0.1) is 0 Å². The smallest absolute Gasteiger partial charge is 0.271 e.